The Balaban J connectivity index is 1.42. The number of piperidine rings is 3. The molecule has 7 rings (SSSR count). The predicted molar refractivity (Wildman–Crippen MR) is 103 cm³/mol. The van der Waals surface area contributed by atoms with Crippen LogP contribution in [0.2, 0.25) is 0 Å². The van der Waals surface area contributed by atoms with Crippen molar-refractivity contribution < 1.29 is 9.47 Å². The summed E-state index contributed by atoms with van der Waals surface area (Å²) in [5.41, 5.74) is 1.99. The molecule has 1 aromatic carbocycles. The van der Waals surface area contributed by atoms with Crippen LogP contribution < -0.4 is 14.4 Å². The minimum absolute atomic E-state index is 0.306. The van der Waals surface area contributed by atoms with Gasteiger partial charge in [0.05, 0.1) is 11.6 Å². The molecule has 3 atom stereocenters. The Labute approximate surface area is 164 Å². The van der Waals surface area contributed by atoms with Crippen LogP contribution in [0.5, 0.6) is 11.5 Å². The van der Waals surface area contributed by atoms with Crippen LogP contribution in [-0.2, 0) is 0 Å². The molecule has 0 radical (unpaired) electrons. The van der Waals surface area contributed by atoms with Gasteiger partial charge in [0.1, 0.15) is 5.82 Å². The van der Waals surface area contributed by atoms with Crippen molar-refractivity contribution in [2.45, 2.75) is 30.8 Å². The van der Waals surface area contributed by atoms with Gasteiger partial charge in [-0.05, 0) is 61.7 Å². The first-order valence-corrected chi connectivity index (χ1v) is 10.1. The lowest BCUT2D eigenvalue weighted by Gasteiger charge is -2.51. The van der Waals surface area contributed by atoms with Gasteiger partial charge < -0.3 is 14.4 Å². The Hall–Kier alpha value is -2.78. The van der Waals surface area contributed by atoms with Crippen molar-refractivity contribution in [1.29, 1.82) is 5.26 Å². The molecule has 0 saturated carbocycles. The van der Waals surface area contributed by atoms with Gasteiger partial charge in [0.25, 0.3) is 0 Å². The SMILES string of the molecule is N#Cc1ccnc(N2C[C@@H](c3ccc4c(c3)OCO4)[C@@H]3[C@H]2C2CCN3CC2)c1. The largest absolute Gasteiger partial charge is 0.454 e. The number of hydrogen-bond acceptors (Lipinski definition) is 6. The maximum Gasteiger partial charge on any atom is 0.231 e. The van der Waals surface area contributed by atoms with E-state index in [0.29, 0.717) is 36.3 Å². The number of benzene rings is 1. The first-order valence-electron chi connectivity index (χ1n) is 10.1. The molecule has 0 unspecified atom stereocenters. The highest BCUT2D eigenvalue weighted by molar-refractivity contribution is 5.52. The number of hydrogen-bond donors (Lipinski definition) is 0. The van der Waals surface area contributed by atoms with E-state index in [1.165, 1.54) is 31.5 Å². The molecule has 5 aliphatic rings. The van der Waals surface area contributed by atoms with Crippen molar-refractivity contribution in [3.8, 4) is 17.6 Å². The number of rotatable bonds is 2. The van der Waals surface area contributed by atoms with Gasteiger partial charge >= 0.3 is 0 Å². The first-order chi connectivity index (χ1) is 13.8. The number of aromatic nitrogens is 1. The average Bonchev–Trinajstić information content (AvgIpc) is 3.40. The van der Waals surface area contributed by atoms with E-state index in [1.807, 2.05) is 12.1 Å². The molecule has 2 aromatic rings. The fourth-order valence-electron chi connectivity index (χ4n) is 5.76. The summed E-state index contributed by atoms with van der Waals surface area (Å²) in [5.74, 6) is 3.72. The van der Waals surface area contributed by atoms with Crippen molar-refractivity contribution in [1.82, 2.24) is 9.88 Å². The molecular weight excluding hydrogens is 352 g/mol. The highest BCUT2D eigenvalue weighted by Gasteiger charge is 2.53. The molecule has 4 fully saturated rings. The van der Waals surface area contributed by atoms with Gasteiger partial charge in [-0.3, -0.25) is 4.90 Å². The van der Waals surface area contributed by atoms with Gasteiger partial charge in [-0.25, -0.2) is 4.98 Å². The van der Waals surface area contributed by atoms with Crippen LogP contribution in [0.1, 0.15) is 29.9 Å². The third kappa shape index (κ3) is 2.33. The van der Waals surface area contributed by atoms with Gasteiger partial charge in [0, 0.05) is 30.7 Å². The molecule has 4 saturated heterocycles. The van der Waals surface area contributed by atoms with E-state index in [9.17, 15) is 5.26 Å². The first kappa shape index (κ1) is 16.2. The second-order valence-corrected chi connectivity index (χ2v) is 8.24. The molecule has 6 nitrogen and oxygen atoms in total. The quantitative estimate of drug-likeness (QED) is 0.806. The Bertz CT molecular complexity index is 963. The number of nitriles is 1. The van der Waals surface area contributed by atoms with Crippen LogP contribution in [0.25, 0.3) is 0 Å². The van der Waals surface area contributed by atoms with Crippen molar-refractivity contribution in [3.05, 3.63) is 47.7 Å². The van der Waals surface area contributed by atoms with Crippen LogP contribution in [0.15, 0.2) is 36.5 Å². The standard InChI is InChI=1S/C22H22N4O2/c23-11-14-3-6-24-20(9-14)26-12-17(16-1-2-18-19(10-16)28-13-27-18)22-21(26)15-4-7-25(22)8-5-15/h1-3,6,9-10,15,17,21-22H,4-5,7-8,12-13H2/t17-,21+,22+/m0/s1. The molecule has 1 aromatic heterocycles. The van der Waals surface area contributed by atoms with Gasteiger partial charge in [-0.1, -0.05) is 6.07 Å². The summed E-state index contributed by atoms with van der Waals surface area (Å²) in [6.07, 6.45) is 4.27. The molecule has 28 heavy (non-hydrogen) atoms. The smallest absolute Gasteiger partial charge is 0.231 e. The molecule has 0 N–H and O–H groups in total. The highest BCUT2D eigenvalue weighted by Crippen LogP contribution is 2.48. The van der Waals surface area contributed by atoms with E-state index in [2.05, 4.69) is 33.0 Å². The normalized spacial score (nSPS) is 32.2. The predicted octanol–water partition coefficient (Wildman–Crippen LogP) is 2.75. The van der Waals surface area contributed by atoms with Crippen molar-refractivity contribution >= 4 is 5.82 Å². The highest BCUT2D eigenvalue weighted by atomic mass is 16.7. The van der Waals surface area contributed by atoms with Gasteiger partial charge in [0.15, 0.2) is 11.5 Å². The Morgan fingerprint density at radius 1 is 1.04 bits per heavy atom. The summed E-state index contributed by atoms with van der Waals surface area (Å²) >= 11 is 0. The monoisotopic (exact) mass is 374 g/mol. The zero-order valence-electron chi connectivity index (χ0n) is 15.6. The van der Waals surface area contributed by atoms with Crippen molar-refractivity contribution in [3.63, 3.8) is 0 Å². The molecule has 2 bridgehead atoms. The van der Waals surface area contributed by atoms with E-state index in [0.717, 1.165) is 23.9 Å². The summed E-state index contributed by atoms with van der Waals surface area (Å²) in [6.45, 7) is 3.60. The Morgan fingerprint density at radius 3 is 2.75 bits per heavy atom. The summed E-state index contributed by atoms with van der Waals surface area (Å²) in [4.78, 5) is 9.79. The number of nitrogens with zero attached hydrogens (tertiary/aromatic N) is 4. The minimum Gasteiger partial charge on any atom is -0.454 e. The summed E-state index contributed by atoms with van der Waals surface area (Å²) in [5, 5.41) is 9.33. The molecule has 0 spiro atoms. The minimum atomic E-state index is 0.306. The second-order valence-electron chi connectivity index (χ2n) is 8.24. The molecular formula is C22H22N4O2. The lowest BCUT2D eigenvalue weighted by molar-refractivity contribution is 0.0354. The number of fused-ring (bicyclic) bond motifs is 3. The van der Waals surface area contributed by atoms with Crippen LogP contribution in [0.3, 0.4) is 0 Å². The number of anilines is 1. The Morgan fingerprint density at radius 2 is 1.89 bits per heavy atom. The van der Waals surface area contributed by atoms with Gasteiger partial charge in [-0.2, -0.15) is 5.26 Å². The zero-order valence-corrected chi connectivity index (χ0v) is 15.6. The fraction of sp³-hybridized carbons (Fsp3) is 0.455. The molecule has 5 aliphatic heterocycles. The molecule has 6 heteroatoms. The Kier molecular flexibility index (Phi) is 3.54. The van der Waals surface area contributed by atoms with E-state index in [4.69, 9.17) is 9.47 Å². The van der Waals surface area contributed by atoms with Crippen LogP contribution in [0.4, 0.5) is 5.82 Å². The maximum atomic E-state index is 9.33. The van der Waals surface area contributed by atoms with E-state index < -0.39 is 0 Å². The van der Waals surface area contributed by atoms with E-state index in [-0.39, 0.29) is 0 Å². The van der Waals surface area contributed by atoms with Crippen molar-refractivity contribution in [2.24, 2.45) is 5.92 Å². The third-order valence-electron chi connectivity index (χ3n) is 6.99. The molecule has 6 heterocycles. The fourth-order valence-corrected chi connectivity index (χ4v) is 5.76. The van der Waals surface area contributed by atoms with Crippen LogP contribution in [-0.4, -0.2) is 48.4 Å². The van der Waals surface area contributed by atoms with E-state index in [1.54, 1.807) is 12.3 Å². The molecule has 0 amide bonds. The van der Waals surface area contributed by atoms with Gasteiger partial charge in [-0.15, -0.1) is 0 Å². The average molecular weight is 374 g/mol. The summed E-state index contributed by atoms with van der Waals surface area (Å²) < 4.78 is 11.1. The molecule has 142 valence electrons. The van der Waals surface area contributed by atoms with Crippen LogP contribution >= 0.6 is 0 Å². The maximum absolute atomic E-state index is 9.33. The topological polar surface area (TPSA) is 61.6 Å². The molecule has 0 aliphatic carbocycles. The zero-order chi connectivity index (χ0) is 18.7. The second kappa shape index (κ2) is 6.11. The number of ether oxygens (including phenoxy) is 2. The summed E-state index contributed by atoms with van der Waals surface area (Å²) in [6, 6.07) is 13.3. The lowest BCUT2D eigenvalue weighted by atomic mass is 9.75. The van der Waals surface area contributed by atoms with Gasteiger partial charge in [0.2, 0.25) is 6.79 Å². The van der Waals surface area contributed by atoms with E-state index >= 15 is 0 Å². The summed E-state index contributed by atoms with van der Waals surface area (Å²) in [7, 11) is 0. The van der Waals surface area contributed by atoms with Crippen LogP contribution in [0, 0.1) is 17.2 Å². The number of pyridine rings is 1. The third-order valence-corrected chi connectivity index (χ3v) is 6.99. The lowest BCUT2D eigenvalue weighted by Crippen LogP contribution is -2.60. The van der Waals surface area contributed by atoms with Crippen molar-refractivity contribution in [2.75, 3.05) is 31.3 Å².